The van der Waals surface area contributed by atoms with Crippen LogP contribution in [0, 0.1) is 11.8 Å². The predicted molar refractivity (Wildman–Crippen MR) is 86.4 cm³/mol. The average Bonchev–Trinajstić information content (AvgIpc) is 2.93. The molecule has 1 aromatic rings. The predicted octanol–water partition coefficient (Wildman–Crippen LogP) is 3.04. The van der Waals surface area contributed by atoms with Crippen LogP contribution in [-0.4, -0.2) is 29.5 Å². The Morgan fingerprint density at radius 1 is 1.43 bits per heavy atom. The van der Waals surface area contributed by atoms with E-state index in [9.17, 15) is 0 Å². The Bertz CT molecular complexity index is 459. The van der Waals surface area contributed by atoms with Gasteiger partial charge in [0.2, 0.25) is 0 Å². The summed E-state index contributed by atoms with van der Waals surface area (Å²) in [5.41, 5.74) is 2.50. The van der Waals surface area contributed by atoms with E-state index in [1.54, 1.807) is 0 Å². The van der Waals surface area contributed by atoms with Gasteiger partial charge in [-0.05, 0) is 18.9 Å². The number of nitrogens with zero attached hydrogens (tertiary/aromatic N) is 2. The van der Waals surface area contributed by atoms with Crippen molar-refractivity contribution in [3.63, 3.8) is 0 Å². The highest BCUT2D eigenvalue weighted by atomic mass is 16.5. The zero-order chi connectivity index (χ0) is 15.6. The Hall–Kier alpha value is -0.870. The number of nitrogens with one attached hydrogen (secondary N) is 1. The molecule has 1 saturated heterocycles. The second-order valence-corrected chi connectivity index (χ2v) is 7.75. The van der Waals surface area contributed by atoms with Crippen LogP contribution in [0.3, 0.4) is 0 Å². The van der Waals surface area contributed by atoms with Gasteiger partial charge < -0.3 is 10.1 Å². The molecule has 4 nitrogen and oxygen atoms in total. The zero-order valence-electron chi connectivity index (χ0n) is 14.4. The Labute approximate surface area is 129 Å². The van der Waals surface area contributed by atoms with Gasteiger partial charge in [-0.25, -0.2) is 0 Å². The third-order valence-corrected chi connectivity index (χ3v) is 4.05. The summed E-state index contributed by atoms with van der Waals surface area (Å²) in [6.07, 6.45) is 3.47. The van der Waals surface area contributed by atoms with Gasteiger partial charge in [-0.1, -0.05) is 34.6 Å². The largest absolute Gasteiger partial charge is 0.373 e. The molecule has 120 valence electrons. The van der Waals surface area contributed by atoms with Crippen molar-refractivity contribution < 1.29 is 4.74 Å². The monoisotopic (exact) mass is 293 g/mol. The fourth-order valence-electron chi connectivity index (χ4n) is 3.04. The molecule has 0 spiro atoms. The molecule has 0 radical (unpaired) electrons. The maximum absolute atomic E-state index is 6.06. The summed E-state index contributed by atoms with van der Waals surface area (Å²) in [7, 11) is 2.00. The van der Waals surface area contributed by atoms with Crippen LogP contribution in [0.1, 0.15) is 58.4 Å². The molecule has 1 aliphatic rings. The first kappa shape index (κ1) is 16.5. The second kappa shape index (κ2) is 6.49. The number of aromatic nitrogens is 2. The molecule has 21 heavy (non-hydrogen) atoms. The van der Waals surface area contributed by atoms with Crippen molar-refractivity contribution in [2.45, 2.75) is 52.6 Å². The summed E-state index contributed by atoms with van der Waals surface area (Å²) in [5, 5.41) is 8.27. The van der Waals surface area contributed by atoms with Crippen molar-refractivity contribution in [1.29, 1.82) is 0 Å². The summed E-state index contributed by atoms with van der Waals surface area (Å²) in [4.78, 5) is 0. The summed E-state index contributed by atoms with van der Waals surface area (Å²) in [6, 6.07) is 0. The number of ether oxygens (including phenoxy) is 1. The van der Waals surface area contributed by atoms with Crippen molar-refractivity contribution >= 4 is 0 Å². The van der Waals surface area contributed by atoms with Crippen LogP contribution in [0.25, 0.3) is 0 Å². The average molecular weight is 293 g/mol. The van der Waals surface area contributed by atoms with E-state index >= 15 is 0 Å². The highest BCUT2D eigenvalue weighted by Gasteiger charge is 2.35. The van der Waals surface area contributed by atoms with E-state index in [1.807, 2.05) is 11.7 Å². The summed E-state index contributed by atoms with van der Waals surface area (Å²) < 4.78 is 7.99. The van der Waals surface area contributed by atoms with Crippen molar-refractivity contribution in [3.05, 3.63) is 17.5 Å². The molecule has 1 aliphatic heterocycles. The van der Waals surface area contributed by atoms with Crippen LogP contribution in [0.4, 0.5) is 0 Å². The lowest BCUT2D eigenvalue weighted by Crippen LogP contribution is -2.28. The van der Waals surface area contributed by atoms with Crippen LogP contribution in [-0.2, 0) is 17.2 Å². The Kier molecular flexibility index (Phi) is 5.10. The van der Waals surface area contributed by atoms with E-state index in [0.29, 0.717) is 11.8 Å². The molecule has 1 fully saturated rings. The molecule has 1 aromatic heterocycles. The molecule has 0 aromatic carbocycles. The summed E-state index contributed by atoms with van der Waals surface area (Å²) in [5.74, 6) is 1.24. The van der Waals surface area contributed by atoms with E-state index in [-0.39, 0.29) is 11.5 Å². The standard InChI is InChI=1S/C17H31N3O/c1-12(2)9-18-10-13-7-8-21-15(13)14-11-20(6)19-16(14)17(3,4)5/h11-13,15,18H,7-10H2,1-6H3. The minimum absolute atomic E-state index is 0.0540. The Morgan fingerprint density at radius 2 is 2.14 bits per heavy atom. The highest BCUT2D eigenvalue weighted by Crippen LogP contribution is 2.38. The van der Waals surface area contributed by atoms with Crippen molar-refractivity contribution in [3.8, 4) is 0 Å². The molecule has 4 heteroatoms. The van der Waals surface area contributed by atoms with Gasteiger partial charge in [0.05, 0.1) is 11.8 Å². The lowest BCUT2D eigenvalue weighted by Gasteiger charge is -2.24. The van der Waals surface area contributed by atoms with E-state index in [2.05, 4.69) is 51.2 Å². The lowest BCUT2D eigenvalue weighted by molar-refractivity contribution is 0.0888. The van der Waals surface area contributed by atoms with Crippen LogP contribution >= 0.6 is 0 Å². The lowest BCUT2D eigenvalue weighted by atomic mass is 9.85. The van der Waals surface area contributed by atoms with Gasteiger partial charge in [0.1, 0.15) is 0 Å². The molecular formula is C17H31N3O. The molecule has 0 aliphatic carbocycles. The van der Waals surface area contributed by atoms with Gasteiger partial charge in [0, 0.05) is 43.3 Å². The first-order chi connectivity index (χ1) is 9.79. The SMILES string of the molecule is CC(C)CNCC1CCOC1c1cn(C)nc1C(C)(C)C. The second-order valence-electron chi connectivity index (χ2n) is 7.75. The van der Waals surface area contributed by atoms with Crippen molar-refractivity contribution in [2.24, 2.45) is 18.9 Å². The molecule has 2 unspecified atom stereocenters. The van der Waals surface area contributed by atoms with E-state index < -0.39 is 0 Å². The normalized spacial score (nSPS) is 23.2. The smallest absolute Gasteiger partial charge is 0.0899 e. The first-order valence-corrected chi connectivity index (χ1v) is 8.15. The number of hydrogen-bond donors (Lipinski definition) is 1. The zero-order valence-corrected chi connectivity index (χ0v) is 14.4. The van der Waals surface area contributed by atoms with Gasteiger partial charge in [0.25, 0.3) is 0 Å². The summed E-state index contributed by atoms with van der Waals surface area (Å²) >= 11 is 0. The molecule has 2 atom stereocenters. The van der Waals surface area contributed by atoms with Gasteiger partial charge in [-0.2, -0.15) is 5.10 Å². The van der Waals surface area contributed by atoms with Gasteiger partial charge in [-0.15, -0.1) is 0 Å². The van der Waals surface area contributed by atoms with Crippen LogP contribution in [0.2, 0.25) is 0 Å². The minimum atomic E-state index is 0.0540. The molecule has 2 rings (SSSR count). The summed E-state index contributed by atoms with van der Waals surface area (Å²) in [6.45, 7) is 14.1. The van der Waals surface area contributed by atoms with Gasteiger partial charge in [0.15, 0.2) is 0 Å². The first-order valence-electron chi connectivity index (χ1n) is 8.15. The number of rotatable bonds is 5. The quantitative estimate of drug-likeness (QED) is 0.907. The molecule has 0 amide bonds. The maximum Gasteiger partial charge on any atom is 0.0899 e. The van der Waals surface area contributed by atoms with E-state index in [4.69, 9.17) is 4.74 Å². The fraction of sp³-hybridized carbons (Fsp3) is 0.824. The molecule has 2 heterocycles. The van der Waals surface area contributed by atoms with E-state index in [1.165, 1.54) is 11.3 Å². The van der Waals surface area contributed by atoms with Crippen LogP contribution in [0.5, 0.6) is 0 Å². The highest BCUT2D eigenvalue weighted by molar-refractivity contribution is 5.27. The van der Waals surface area contributed by atoms with Gasteiger partial charge in [-0.3, -0.25) is 4.68 Å². The van der Waals surface area contributed by atoms with Gasteiger partial charge >= 0.3 is 0 Å². The topological polar surface area (TPSA) is 39.1 Å². The van der Waals surface area contributed by atoms with E-state index in [0.717, 1.165) is 26.1 Å². The Morgan fingerprint density at radius 3 is 2.76 bits per heavy atom. The molecule has 1 N–H and O–H groups in total. The van der Waals surface area contributed by atoms with Crippen molar-refractivity contribution in [1.82, 2.24) is 15.1 Å². The molecule has 0 bridgehead atoms. The maximum atomic E-state index is 6.06. The molecule has 0 saturated carbocycles. The molecular weight excluding hydrogens is 262 g/mol. The van der Waals surface area contributed by atoms with Crippen LogP contribution in [0.15, 0.2) is 6.20 Å². The number of hydrogen-bond acceptors (Lipinski definition) is 3. The van der Waals surface area contributed by atoms with Crippen LogP contribution < -0.4 is 5.32 Å². The number of aryl methyl sites for hydroxylation is 1. The fourth-order valence-corrected chi connectivity index (χ4v) is 3.04. The van der Waals surface area contributed by atoms with Crippen molar-refractivity contribution in [2.75, 3.05) is 19.7 Å². The third-order valence-electron chi connectivity index (χ3n) is 4.05. The minimum Gasteiger partial charge on any atom is -0.373 e. The Balaban J connectivity index is 2.13. The third kappa shape index (κ3) is 4.07.